The predicted octanol–water partition coefficient (Wildman–Crippen LogP) is 2.51. The second kappa shape index (κ2) is 8.33. The van der Waals surface area contributed by atoms with E-state index in [1.54, 1.807) is 19.1 Å². The highest BCUT2D eigenvalue weighted by Crippen LogP contribution is 2.31. The van der Waals surface area contributed by atoms with Gasteiger partial charge in [-0.25, -0.2) is 4.79 Å². The lowest BCUT2D eigenvalue weighted by Crippen LogP contribution is -2.52. The molecule has 2 aliphatic rings. The molecule has 2 aliphatic heterocycles. The number of methoxy groups -OCH3 is 1. The molecule has 0 unspecified atom stereocenters. The third kappa shape index (κ3) is 4.24. The minimum Gasteiger partial charge on any atom is -0.497 e. The molecule has 160 valence electrons. The summed E-state index contributed by atoms with van der Waals surface area (Å²) in [6, 6.07) is 7.46. The van der Waals surface area contributed by atoms with Crippen LogP contribution in [0.5, 0.6) is 5.75 Å². The summed E-state index contributed by atoms with van der Waals surface area (Å²) in [6.45, 7) is 1.69. The van der Waals surface area contributed by atoms with E-state index in [4.69, 9.17) is 14.0 Å². The van der Waals surface area contributed by atoms with E-state index < -0.39 is 5.60 Å². The van der Waals surface area contributed by atoms with Crippen LogP contribution in [0.15, 0.2) is 28.8 Å². The Morgan fingerprint density at radius 1 is 1.33 bits per heavy atom. The highest BCUT2D eigenvalue weighted by Gasteiger charge is 2.47. The molecule has 9 heteroatoms. The fourth-order valence-electron chi connectivity index (χ4n) is 4.10. The molecule has 2 fully saturated rings. The van der Waals surface area contributed by atoms with Gasteiger partial charge in [-0.15, -0.1) is 0 Å². The molecular formula is C21H26N4O5. The molecule has 1 spiro atoms. The zero-order valence-corrected chi connectivity index (χ0v) is 17.3. The van der Waals surface area contributed by atoms with Crippen LogP contribution in [0.25, 0.3) is 11.4 Å². The predicted molar refractivity (Wildman–Crippen MR) is 107 cm³/mol. The van der Waals surface area contributed by atoms with Crippen molar-refractivity contribution in [2.75, 3.05) is 33.8 Å². The van der Waals surface area contributed by atoms with Crippen LogP contribution in [0.1, 0.15) is 31.6 Å². The number of benzene rings is 1. The van der Waals surface area contributed by atoms with E-state index in [2.05, 4.69) is 10.1 Å². The maximum Gasteiger partial charge on any atom is 0.410 e. The Morgan fingerprint density at radius 2 is 2.20 bits per heavy atom. The Kier molecular flexibility index (Phi) is 5.61. The number of aromatic nitrogens is 2. The van der Waals surface area contributed by atoms with E-state index in [-0.39, 0.29) is 12.0 Å². The van der Waals surface area contributed by atoms with Gasteiger partial charge in [0, 0.05) is 32.0 Å². The summed E-state index contributed by atoms with van der Waals surface area (Å²) in [7, 11) is 3.33. The number of carbonyl (C=O) groups excluding carboxylic acids is 2. The van der Waals surface area contributed by atoms with E-state index in [0.29, 0.717) is 50.6 Å². The Morgan fingerprint density at radius 3 is 2.97 bits per heavy atom. The zero-order valence-electron chi connectivity index (χ0n) is 17.3. The van der Waals surface area contributed by atoms with Crippen molar-refractivity contribution in [2.24, 2.45) is 0 Å². The van der Waals surface area contributed by atoms with Gasteiger partial charge in [0.1, 0.15) is 11.4 Å². The molecule has 0 bridgehead atoms. The first-order valence-electron chi connectivity index (χ1n) is 10.2. The normalized spacial score (nSPS) is 21.2. The molecule has 2 aromatic rings. The molecule has 9 nitrogen and oxygen atoms in total. The van der Waals surface area contributed by atoms with Crippen molar-refractivity contribution in [3.05, 3.63) is 30.2 Å². The molecule has 3 heterocycles. The lowest BCUT2D eigenvalue weighted by molar-refractivity contribution is -0.136. The van der Waals surface area contributed by atoms with E-state index in [9.17, 15) is 9.59 Å². The van der Waals surface area contributed by atoms with Gasteiger partial charge in [0.05, 0.1) is 20.2 Å². The van der Waals surface area contributed by atoms with E-state index in [0.717, 1.165) is 24.2 Å². The quantitative estimate of drug-likeness (QED) is 0.716. The fourth-order valence-corrected chi connectivity index (χ4v) is 4.10. The van der Waals surface area contributed by atoms with Crippen molar-refractivity contribution >= 4 is 12.0 Å². The number of hydrogen-bond acceptors (Lipinski definition) is 7. The molecule has 30 heavy (non-hydrogen) atoms. The van der Waals surface area contributed by atoms with Gasteiger partial charge in [0.25, 0.3) is 0 Å². The largest absolute Gasteiger partial charge is 0.497 e. The minimum atomic E-state index is -0.558. The first-order valence-corrected chi connectivity index (χ1v) is 10.2. The number of hydrogen-bond donors (Lipinski definition) is 0. The second-order valence-electron chi connectivity index (χ2n) is 7.92. The third-order valence-electron chi connectivity index (χ3n) is 5.61. The van der Waals surface area contributed by atoms with Gasteiger partial charge in [-0.3, -0.25) is 4.79 Å². The number of carbonyl (C=O) groups is 2. The molecule has 1 aromatic heterocycles. The van der Waals surface area contributed by atoms with Crippen molar-refractivity contribution in [1.29, 1.82) is 0 Å². The summed E-state index contributed by atoms with van der Waals surface area (Å²) in [5.74, 6) is 1.79. The Labute approximate surface area is 174 Å². The van der Waals surface area contributed by atoms with Crippen molar-refractivity contribution < 1.29 is 23.6 Å². The maximum atomic E-state index is 12.7. The summed E-state index contributed by atoms with van der Waals surface area (Å²) >= 11 is 0. The molecule has 0 saturated carbocycles. The van der Waals surface area contributed by atoms with Gasteiger partial charge in [-0.2, -0.15) is 4.98 Å². The summed E-state index contributed by atoms with van der Waals surface area (Å²) in [5, 5.41) is 4.02. The standard InChI is InChI=1S/C21H26N4O5/c1-24-13-21(29-20(24)27)10-5-11-25(14-21)18(26)9-4-8-17-22-19(23-30-17)15-6-3-7-16(12-15)28-2/h3,6-7,12H,4-5,8-11,13-14H2,1-2H3/t21-/m0/s1. The minimum absolute atomic E-state index is 0.0622. The van der Waals surface area contributed by atoms with Gasteiger partial charge >= 0.3 is 6.09 Å². The monoisotopic (exact) mass is 414 g/mol. The van der Waals surface area contributed by atoms with Gasteiger partial charge in [0.15, 0.2) is 0 Å². The maximum absolute atomic E-state index is 12.7. The highest BCUT2D eigenvalue weighted by molar-refractivity contribution is 5.77. The van der Waals surface area contributed by atoms with E-state index >= 15 is 0 Å². The highest BCUT2D eigenvalue weighted by atomic mass is 16.6. The van der Waals surface area contributed by atoms with Gasteiger partial charge in [0.2, 0.25) is 17.6 Å². The molecule has 2 saturated heterocycles. The number of likely N-dealkylation sites (tertiary alicyclic amines) is 1. The lowest BCUT2D eigenvalue weighted by atomic mass is 9.92. The first-order chi connectivity index (χ1) is 14.5. The summed E-state index contributed by atoms with van der Waals surface area (Å²) in [4.78, 5) is 32.2. The van der Waals surface area contributed by atoms with Gasteiger partial charge in [-0.05, 0) is 31.4 Å². The average Bonchev–Trinajstić information content (AvgIpc) is 3.32. The van der Waals surface area contributed by atoms with Crippen LogP contribution in [0, 0.1) is 0 Å². The number of piperidine rings is 1. The number of ether oxygens (including phenoxy) is 2. The SMILES string of the molecule is COc1cccc(-c2noc(CCCC(=O)N3CCC[C@]4(CN(C)C(=O)O4)C3)n2)c1. The molecule has 0 N–H and O–H groups in total. The molecular weight excluding hydrogens is 388 g/mol. The molecule has 1 aromatic carbocycles. The Balaban J connectivity index is 1.29. The van der Waals surface area contributed by atoms with Crippen LogP contribution in [-0.4, -0.2) is 71.3 Å². The van der Waals surface area contributed by atoms with Crippen molar-refractivity contribution in [2.45, 2.75) is 37.7 Å². The van der Waals surface area contributed by atoms with E-state index in [1.165, 1.54) is 0 Å². The summed E-state index contributed by atoms with van der Waals surface area (Å²) in [5.41, 5.74) is 0.257. The van der Waals surface area contributed by atoms with Crippen LogP contribution in [0.3, 0.4) is 0 Å². The number of amides is 2. The Hall–Kier alpha value is -3.10. The average molecular weight is 414 g/mol. The van der Waals surface area contributed by atoms with Crippen LogP contribution < -0.4 is 4.74 Å². The van der Waals surface area contributed by atoms with Crippen LogP contribution in [0.2, 0.25) is 0 Å². The molecule has 2 amide bonds. The molecule has 4 rings (SSSR count). The number of nitrogens with zero attached hydrogens (tertiary/aromatic N) is 4. The molecule has 0 radical (unpaired) electrons. The second-order valence-corrected chi connectivity index (χ2v) is 7.92. The third-order valence-corrected chi connectivity index (χ3v) is 5.61. The van der Waals surface area contributed by atoms with Crippen LogP contribution >= 0.6 is 0 Å². The number of likely N-dealkylation sites (N-methyl/N-ethyl adjacent to an activating group) is 1. The fraction of sp³-hybridized carbons (Fsp3) is 0.524. The summed E-state index contributed by atoms with van der Waals surface area (Å²) in [6.07, 6.45) is 2.84. The van der Waals surface area contributed by atoms with Gasteiger partial charge in [-0.1, -0.05) is 17.3 Å². The number of rotatable bonds is 6. The lowest BCUT2D eigenvalue weighted by Gasteiger charge is -2.38. The number of aryl methyl sites for hydroxylation is 1. The van der Waals surface area contributed by atoms with Gasteiger partial charge < -0.3 is 23.8 Å². The van der Waals surface area contributed by atoms with Crippen molar-refractivity contribution in [1.82, 2.24) is 19.9 Å². The van der Waals surface area contributed by atoms with E-state index in [1.807, 2.05) is 29.2 Å². The zero-order chi connectivity index (χ0) is 21.1. The van der Waals surface area contributed by atoms with Crippen molar-refractivity contribution in [3.8, 4) is 17.1 Å². The molecule has 1 atom stereocenters. The smallest absolute Gasteiger partial charge is 0.410 e. The van der Waals surface area contributed by atoms with Crippen molar-refractivity contribution in [3.63, 3.8) is 0 Å². The first kappa shape index (κ1) is 20.2. The van der Waals surface area contributed by atoms with Crippen LogP contribution in [0.4, 0.5) is 4.79 Å². The Bertz CT molecular complexity index is 930. The molecule has 0 aliphatic carbocycles. The topological polar surface area (TPSA) is 98.0 Å². The summed E-state index contributed by atoms with van der Waals surface area (Å²) < 4.78 is 16.1. The van der Waals surface area contributed by atoms with Crippen LogP contribution in [-0.2, 0) is 16.0 Å².